The van der Waals surface area contributed by atoms with Crippen molar-refractivity contribution in [1.82, 2.24) is 19.9 Å². The molecule has 386 valence electrons. The topological polar surface area (TPSA) is 94.3 Å². The van der Waals surface area contributed by atoms with E-state index in [1.807, 2.05) is 0 Å². The molecule has 0 saturated heterocycles. The van der Waals surface area contributed by atoms with Gasteiger partial charge < -0.3 is 28.9 Å². The summed E-state index contributed by atoms with van der Waals surface area (Å²) in [6, 6.07) is 25.3. The van der Waals surface area contributed by atoms with E-state index in [2.05, 4.69) is 135 Å². The summed E-state index contributed by atoms with van der Waals surface area (Å²) in [5, 5.41) is 0. The molecule has 0 saturated carbocycles. The van der Waals surface area contributed by atoms with Gasteiger partial charge >= 0.3 is 0 Å². The molecule has 2 aliphatic heterocycles. The third kappa shape index (κ3) is 16.1. The number of fused-ring (bicyclic) bond motifs is 8. The lowest BCUT2D eigenvalue weighted by atomic mass is 10.0. The molecular formula is C64H86N4O4. The van der Waals surface area contributed by atoms with Crippen LogP contribution in [0.4, 0.5) is 0 Å². The van der Waals surface area contributed by atoms with Gasteiger partial charge in [0.15, 0.2) is 0 Å². The second kappa shape index (κ2) is 30.3. The molecule has 2 aliphatic rings. The van der Waals surface area contributed by atoms with Crippen molar-refractivity contribution < 1.29 is 18.9 Å². The Morgan fingerprint density at radius 2 is 0.639 bits per heavy atom. The van der Waals surface area contributed by atoms with Crippen molar-refractivity contribution >= 4 is 46.4 Å². The fourth-order valence-corrected chi connectivity index (χ4v) is 9.85. The van der Waals surface area contributed by atoms with Crippen LogP contribution in [0.2, 0.25) is 0 Å². The highest BCUT2D eigenvalue weighted by molar-refractivity contribution is 5.97. The third-order valence-corrected chi connectivity index (χ3v) is 13.9. The van der Waals surface area contributed by atoms with E-state index in [9.17, 15) is 0 Å². The maximum atomic E-state index is 6.74. The Bertz CT molecular complexity index is 2390. The quantitative estimate of drug-likeness (QED) is 0.0391. The zero-order valence-corrected chi connectivity index (χ0v) is 44.6. The molecular weight excluding hydrogens is 889 g/mol. The van der Waals surface area contributed by atoms with E-state index in [0.29, 0.717) is 26.4 Å². The molecule has 0 amide bonds. The van der Waals surface area contributed by atoms with E-state index in [0.717, 1.165) is 141 Å². The van der Waals surface area contributed by atoms with Gasteiger partial charge in [-0.3, -0.25) is 0 Å². The molecule has 0 radical (unpaired) electrons. The molecule has 0 aliphatic carbocycles. The lowest BCUT2D eigenvalue weighted by Gasteiger charge is -2.18. The van der Waals surface area contributed by atoms with Gasteiger partial charge in [-0.25, -0.2) is 9.97 Å². The van der Waals surface area contributed by atoms with Gasteiger partial charge in [-0.1, -0.05) is 168 Å². The molecule has 2 N–H and O–H groups in total. The van der Waals surface area contributed by atoms with Crippen LogP contribution in [-0.2, 0) is 0 Å². The number of nitrogens with one attached hydrogen (secondary N) is 2. The molecule has 0 atom stereocenters. The van der Waals surface area contributed by atoms with Crippen molar-refractivity contribution in [2.45, 2.75) is 182 Å². The number of rotatable bonds is 34. The fourth-order valence-electron chi connectivity index (χ4n) is 9.85. The monoisotopic (exact) mass is 975 g/mol. The molecule has 0 unspecified atom stereocenters. The SMILES string of the molecule is CCCCCCCCOc1cccc(OCCCCCCCC)c1-c1c2nc(cc3ccc([nH]3)c(-c3c(OCCCCCCCC)cccc3OCCCCCCCC)c3nc(cc4ccc1[nH]4)C=C3)C=C2. The summed E-state index contributed by atoms with van der Waals surface area (Å²) >= 11 is 0. The second-order valence-electron chi connectivity index (χ2n) is 19.9. The van der Waals surface area contributed by atoms with Crippen molar-refractivity contribution in [3.63, 3.8) is 0 Å². The third-order valence-electron chi connectivity index (χ3n) is 13.9. The average molecular weight is 975 g/mol. The van der Waals surface area contributed by atoms with Crippen molar-refractivity contribution in [3.05, 3.63) is 95.6 Å². The predicted molar refractivity (Wildman–Crippen MR) is 305 cm³/mol. The summed E-state index contributed by atoms with van der Waals surface area (Å²) in [5.41, 5.74) is 10.9. The molecule has 8 nitrogen and oxygen atoms in total. The molecule has 0 spiro atoms. The van der Waals surface area contributed by atoms with Crippen LogP contribution in [0.1, 0.15) is 205 Å². The first-order valence-corrected chi connectivity index (χ1v) is 28.5. The number of nitrogens with zero attached hydrogens (tertiary/aromatic N) is 2. The van der Waals surface area contributed by atoms with E-state index >= 15 is 0 Å². The molecule has 8 bridgehead atoms. The van der Waals surface area contributed by atoms with Crippen LogP contribution < -0.4 is 18.9 Å². The minimum absolute atomic E-state index is 0.645. The molecule has 72 heavy (non-hydrogen) atoms. The molecule has 3 aromatic heterocycles. The standard InChI is InChI=1S/C64H86N4O4/c1-5-9-13-17-21-25-43-69-57-31-29-32-58(70-44-26-22-18-14-10-6-2)63(57)61-53-39-35-49(65-53)47-51-37-41-55(67-51)62(56-42-38-52(68-56)48-50-36-40-54(61)66-50)64-59(71-45-27-23-19-15-11-7-3)33-30-34-60(64)72-46-28-24-20-16-12-8-4/h29-42,47-48,65,68H,5-28,43-46H2,1-4H3. The first kappa shape index (κ1) is 54.0. The Labute approximate surface area is 432 Å². The van der Waals surface area contributed by atoms with Crippen LogP contribution in [0.3, 0.4) is 0 Å². The van der Waals surface area contributed by atoms with Crippen LogP contribution in [0.15, 0.2) is 72.8 Å². The van der Waals surface area contributed by atoms with Crippen LogP contribution in [0.25, 0.3) is 68.6 Å². The highest BCUT2D eigenvalue weighted by atomic mass is 16.5. The number of aromatic nitrogens is 4. The molecule has 2 aromatic carbocycles. The number of aromatic amines is 2. The van der Waals surface area contributed by atoms with Gasteiger partial charge in [0.1, 0.15) is 23.0 Å². The molecule has 5 aromatic rings. The minimum Gasteiger partial charge on any atom is -0.493 e. The lowest BCUT2D eigenvalue weighted by Crippen LogP contribution is -2.04. The van der Waals surface area contributed by atoms with Crippen molar-refractivity contribution in [3.8, 4) is 45.3 Å². The Balaban J connectivity index is 1.31. The second-order valence-corrected chi connectivity index (χ2v) is 19.9. The van der Waals surface area contributed by atoms with E-state index in [1.54, 1.807) is 0 Å². The predicted octanol–water partition coefficient (Wildman–Crippen LogP) is 18.9. The van der Waals surface area contributed by atoms with Crippen LogP contribution in [-0.4, -0.2) is 46.4 Å². The van der Waals surface area contributed by atoms with Crippen LogP contribution in [0, 0.1) is 0 Å². The van der Waals surface area contributed by atoms with Gasteiger partial charge in [0.25, 0.3) is 0 Å². The lowest BCUT2D eigenvalue weighted by molar-refractivity contribution is 0.292. The molecule has 0 fully saturated rings. The zero-order valence-electron chi connectivity index (χ0n) is 44.6. The van der Waals surface area contributed by atoms with Crippen molar-refractivity contribution in [2.24, 2.45) is 0 Å². The fraction of sp³-hybridized carbons (Fsp3) is 0.500. The summed E-state index contributed by atoms with van der Waals surface area (Å²) in [5.74, 6) is 3.25. The summed E-state index contributed by atoms with van der Waals surface area (Å²) in [4.78, 5) is 18.3. The first-order valence-electron chi connectivity index (χ1n) is 28.5. The van der Waals surface area contributed by atoms with Crippen molar-refractivity contribution in [2.75, 3.05) is 26.4 Å². The largest absolute Gasteiger partial charge is 0.493 e. The Kier molecular flexibility index (Phi) is 22.7. The Morgan fingerprint density at radius 3 is 0.958 bits per heavy atom. The highest BCUT2D eigenvalue weighted by Crippen LogP contribution is 2.45. The van der Waals surface area contributed by atoms with E-state index < -0.39 is 0 Å². The number of unbranched alkanes of at least 4 members (excludes halogenated alkanes) is 20. The van der Waals surface area contributed by atoms with Gasteiger partial charge in [-0.2, -0.15) is 0 Å². The van der Waals surface area contributed by atoms with Gasteiger partial charge in [0, 0.05) is 33.2 Å². The molecule has 5 heterocycles. The molecule has 7 rings (SSSR count). The smallest absolute Gasteiger partial charge is 0.131 e. The van der Waals surface area contributed by atoms with E-state index in [4.69, 9.17) is 28.9 Å². The van der Waals surface area contributed by atoms with Gasteiger partial charge in [-0.15, -0.1) is 0 Å². The average Bonchev–Trinajstić information content (AvgIpc) is 4.24. The van der Waals surface area contributed by atoms with Crippen LogP contribution >= 0.6 is 0 Å². The Morgan fingerprint density at radius 1 is 0.333 bits per heavy atom. The zero-order chi connectivity index (χ0) is 50.0. The minimum atomic E-state index is 0.645. The number of hydrogen-bond donors (Lipinski definition) is 2. The maximum Gasteiger partial charge on any atom is 0.131 e. The van der Waals surface area contributed by atoms with Crippen molar-refractivity contribution in [1.29, 1.82) is 0 Å². The van der Waals surface area contributed by atoms with Gasteiger partial charge in [-0.05, 0) is 111 Å². The Hall–Kier alpha value is -5.76. The van der Waals surface area contributed by atoms with E-state index in [-0.39, 0.29) is 0 Å². The highest BCUT2D eigenvalue weighted by Gasteiger charge is 2.23. The maximum absolute atomic E-state index is 6.74. The van der Waals surface area contributed by atoms with E-state index in [1.165, 1.54) is 103 Å². The van der Waals surface area contributed by atoms with Gasteiger partial charge in [0.2, 0.25) is 0 Å². The normalized spacial score (nSPS) is 11.9. The number of hydrogen-bond acceptors (Lipinski definition) is 6. The van der Waals surface area contributed by atoms with Gasteiger partial charge in [0.05, 0.1) is 60.3 Å². The summed E-state index contributed by atoms with van der Waals surface area (Å²) < 4.78 is 27.0. The summed E-state index contributed by atoms with van der Waals surface area (Å²) in [7, 11) is 0. The van der Waals surface area contributed by atoms with Crippen LogP contribution in [0.5, 0.6) is 23.0 Å². The first-order chi connectivity index (χ1) is 35.6. The summed E-state index contributed by atoms with van der Waals surface area (Å²) in [6.45, 7) is 11.6. The molecule has 8 heteroatoms. The number of H-pyrrole nitrogens is 2. The number of benzene rings is 2. The number of ether oxygens (including phenoxy) is 4. The summed E-state index contributed by atoms with van der Waals surface area (Å²) in [6.07, 6.45) is 37.3.